The zero-order chi connectivity index (χ0) is 13.0. The number of nitrogens with one attached hydrogen (secondary N) is 1. The Labute approximate surface area is 108 Å². The largest absolute Gasteiger partial charge is 0.373 e. The van der Waals surface area contributed by atoms with Crippen molar-refractivity contribution in [1.82, 2.24) is 15.1 Å². The van der Waals surface area contributed by atoms with Gasteiger partial charge in [0.15, 0.2) is 0 Å². The molecule has 1 N–H and O–H groups in total. The van der Waals surface area contributed by atoms with E-state index in [4.69, 9.17) is 0 Å². The molecule has 1 heterocycles. The van der Waals surface area contributed by atoms with Crippen molar-refractivity contribution in [3.63, 3.8) is 0 Å². The van der Waals surface area contributed by atoms with E-state index >= 15 is 0 Å². The van der Waals surface area contributed by atoms with E-state index in [2.05, 4.69) is 10.4 Å². The Morgan fingerprint density at radius 1 is 1.56 bits per heavy atom. The van der Waals surface area contributed by atoms with Gasteiger partial charge in [0.25, 0.3) is 5.56 Å². The Hall–Kier alpha value is -1.36. The Bertz CT molecular complexity index is 439. The monoisotopic (exact) mass is 250 g/mol. The summed E-state index contributed by atoms with van der Waals surface area (Å²) in [6, 6.07) is 1.65. The van der Waals surface area contributed by atoms with Gasteiger partial charge in [-0.1, -0.05) is 0 Å². The molecule has 2 rings (SSSR count). The summed E-state index contributed by atoms with van der Waals surface area (Å²) < 4.78 is 1.52. The first-order valence-electron chi connectivity index (χ1n) is 6.69. The Morgan fingerprint density at radius 3 is 2.94 bits per heavy atom. The lowest BCUT2D eigenvalue weighted by Gasteiger charge is -2.16. The highest BCUT2D eigenvalue weighted by Gasteiger charge is 2.19. The summed E-state index contributed by atoms with van der Waals surface area (Å²) in [5.74, 6) is 0.871. The molecule has 18 heavy (non-hydrogen) atoms. The molecule has 0 atom stereocenters. The van der Waals surface area contributed by atoms with E-state index in [1.165, 1.54) is 17.5 Å². The summed E-state index contributed by atoms with van der Waals surface area (Å²) in [4.78, 5) is 13.9. The van der Waals surface area contributed by atoms with Crippen LogP contribution in [0, 0.1) is 5.92 Å². The van der Waals surface area contributed by atoms with Crippen molar-refractivity contribution in [1.29, 1.82) is 0 Å². The molecule has 1 aromatic rings. The van der Waals surface area contributed by atoms with Crippen LogP contribution in [0.15, 0.2) is 17.1 Å². The molecule has 0 radical (unpaired) electrons. The molecule has 0 spiro atoms. The first-order valence-corrected chi connectivity index (χ1v) is 6.69. The predicted octanol–water partition coefficient (Wildman–Crippen LogP) is 0.699. The Balaban J connectivity index is 1.86. The molecule has 100 valence electrons. The smallest absolute Gasteiger partial charge is 0.268 e. The van der Waals surface area contributed by atoms with Crippen LogP contribution in [0.3, 0.4) is 0 Å². The lowest BCUT2D eigenvalue weighted by molar-refractivity contribution is 0.522. The van der Waals surface area contributed by atoms with Crippen LogP contribution >= 0.6 is 0 Å². The molecule has 1 aromatic heterocycles. The molecular formula is C13H22N4O. The molecule has 0 amide bonds. The minimum Gasteiger partial charge on any atom is -0.373 e. The second-order valence-corrected chi connectivity index (χ2v) is 4.94. The van der Waals surface area contributed by atoms with E-state index in [0.29, 0.717) is 6.54 Å². The van der Waals surface area contributed by atoms with Crippen LogP contribution in [0.4, 0.5) is 5.69 Å². The fourth-order valence-corrected chi connectivity index (χ4v) is 1.80. The molecule has 1 fully saturated rings. The van der Waals surface area contributed by atoms with Gasteiger partial charge in [0.1, 0.15) is 0 Å². The second kappa shape index (κ2) is 6.00. The van der Waals surface area contributed by atoms with Gasteiger partial charge in [0.2, 0.25) is 0 Å². The third-order valence-electron chi connectivity index (χ3n) is 3.40. The van der Waals surface area contributed by atoms with Gasteiger partial charge >= 0.3 is 0 Å². The van der Waals surface area contributed by atoms with E-state index in [9.17, 15) is 4.79 Å². The van der Waals surface area contributed by atoms with Gasteiger partial charge in [0, 0.05) is 26.2 Å². The highest BCUT2D eigenvalue weighted by atomic mass is 16.1. The summed E-state index contributed by atoms with van der Waals surface area (Å²) in [6.07, 6.45) is 4.46. The maximum Gasteiger partial charge on any atom is 0.268 e. The number of anilines is 1. The van der Waals surface area contributed by atoms with E-state index < -0.39 is 0 Å². The van der Waals surface area contributed by atoms with E-state index in [1.54, 1.807) is 12.3 Å². The van der Waals surface area contributed by atoms with Crippen molar-refractivity contribution < 1.29 is 0 Å². The van der Waals surface area contributed by atoms with Crippen molar-refractivity contribution in [3.8, 4) is 0 Å². The zero-order valence-electron chi connectivity index (χ0n) is 11.2. The van der Waals surface area contributed by atoms with E-state index in [1.807, 2.05) is 18.9 Å². The summed E-state index contributed by atoms with van der Waals surface area (Å²) in [5, 5.41) is 7.56. The summed E-state index contributed by atoms with van der Waals surface area (Å²) in [6.45, 7) is 5.45. The van der Waals surface area contributed by atoms with E-state index in [-0.39, 0.29) is 5.56 Å². The predicted molar refractivity (Wildman–Crippen MR) is 73.0 cm³/mol. The van der Waals surface area contributed by atoms with Crippen molar-refractivity contribution in [2.45, 2.75) is 26.3 Å². The second-order valence-electron chi connectivity index (χ2n) is 4.94. The molecular weight excluding hydrogens is 228 g/mol. The Kier molecular flexibility index (Phi) is 4.36. The molecule has 0 bridgehead atoms. The molecule has 5 nitrogen and oxygen atoms in total. The van der Waals surface area contributed by atoms with E-state index in [0.717, 1.165) is 31.2 Å². The fraction of sp³-hybridized carbons (Fsp3) is 0.692. The van der Waals surface area contributed by atoms with Crippen molar-refractivity contribution in [2.24, 2.45) is 5.92 Å². The van der Waals surface area contributed by atoms with Crippen LogP contribution in [0.25, 0.3) is 0 Å². The van der Waals surface area contributed by atoms with Crippen LogP contribution in [-0.4, -0.2) is 36.5 Å². The maximum absolute atomic E-state index is 11.8. The van der Waals surface area contributed by atoms with Gasteiger partial charge in [-0.15, -0.1) is 0 Å². The summed E-state index contributed by atoms with van der Waals surface area (Å²) in [7, 11) is 1.96. The average Bonchev–Trinajstić information content (AvgIpc) is 3.19. The van der Waals surface area contributed by atoms with Crippen LogP contribution in [0.2, 0.25) is 0 Å². The van der Waals surface area contributed by atoms with Gasteiger partial charge in [0.05, 0.1) is 18.4 Å². The quantitative estimate of drug-likeness (QED) is 0.724. The van der Waals surface area contributed by atoms with Crippen LogP contribution in [0.1, 0.15) is 19.8 Å². The minimum atomic E-state index is -0.0268. The molecule has 1 saturated carbocycles. The lowest BCUT2D eigenvalue weighted by atomic mass is 10.4. The highest BCUT2D eigenvalue weighted by molar-refractivity contribution is 5.41. The standard InChI is InChI=1S/C13H22N4O/c1-3-16(2)12-8-13(18)17(15-10-12)7-6-14-9-11-4-5-11/h8,10-11,14H,3-7,9H2,1-2H3. The molecule has 5 heteroatoms. The maximum atomic E-state index is 11.8. The molecule has 0 aromatic carbocycles. The van der Waals surface area contributed by atoms with Crippen LogP contribution < -0.4 is 15.8 Å². The molecule has 0 saturated heterocycles. The number of hydrogen-bond acceptors (Lipinski definition) is 4. The SMILES string of the molecule is CCN(C)c1cnn(CCNCC2CC2)c(=O)c1. The third kappa shape index (κ3) is 3.57. The topological polar surface area (TPSA) is 50.2 Å². The number of aromatic nitrogens is 2. The van der Waals surface area contributed by atoms with Crippen LogP contribution in [0.5, 0.6) is 0 Å². The normalized spacial score (nSPS) is 14.8. The fourth-order valence-electron chi connectivity index (χ4n) is 1.80. The lowest BCUT2D eigenvalue weighted by Crippen LogP contribution is -2.30. The summed E-state index contributed by atoms with van der Waals surface area (Å²) in [5.41, 5.74) is 0.853. The number of nitrogens with zero attached hydrogens (tertiary/aromatic N) is 3. The minimum absolute atomic E-state index is 0.0268. The Morgan fingerprint density at radius 2 is 2.33 bits per heavy atom. The third-order valence-corrected chi connectivity index (χ3v) is 3.40. The molecule has 0 aliphatic heterocycles. The zero-order valence-corrected chi connectivity index (χ0v) is 11.2. The van der Waals surface area contributed by atoms with Gasteiger partial charge in [-0.2, -0.15) is 5.10 Å². The summed E-state index contributed by atoms with van der Waals surface area (Å²) >= 11 is 0. The average molecular weight is 250 g/mol. The van der Waals surface area contributed by atoms with Crippen molar-refractivity contribution in [3.05, 3.63) is 22.6 Å². The molecule has 1 aliphatic rings. The molecule has 0 unspecified atom stereocenters. The van der Waals surface area contributed by atoms with Crippen molar-refractivity contribution in [2.75, 3.05) is 31.6 Å². The first kappa shape index (κ1) is 13.1. The van der Waals surface area contributed by atoms with Crippen LogP contribution in [-0.2, 0) is 6.54 Å². The first-order chi connectivity index (χ1) is 8.70. The van der Waals surface area contributed by atoms with Gasteiger partial charge < -0.3 is 10.2 Å². The number of hydrogen-bond donors (Lipinski definition) is 1. The van der Waals surface area contributed by atoms with Gasteiger partial charge in [-0.3, -0.25) is 4.79 Å². The van der Waals surface area contributed by atoms with Crippen molar-refractivity contribution >= 4 is 5.69 Å². The molecule has 1 aliphatic carbocycles. The van der Waals surface area contributed by atoms with Gasteiger partial charge in [-0.05, 0) is 32.2 Å². The number of rotatable bonds is 7. The highest BCUT2D eigenvalue weighted by Crippen LogP contribution is 2.27. The van der Waals surface area contributed by atoms with Gasteiger partial charge in [-0.25, -0.2) is 4.68 Å².